The van der Waals surface area contributed by atoms with E-state index in [1.807, 2.05) is 0 Å². The topological polar surface area (TPSA) is 29.9 Å². The van der Waals surface area contributed by atoms with Gasteiger partial charge >= 0.3 is 0 Å². The van der Waals surface area contributed by atoms with Gasteiger partial charge in [0.1, 0.15) is 11.6 Å². The third-order valence-electron chi connectivity index (χ3n) is 3.16. The van der Waals surface area contributed by atoms with Crippen molar-refractivity contribution in [1.29, 1.82) is 0 Å². The number of nitrogens with one attached hydrogen (secondary N) is 1. The highest BCUT2D eigenvalue weighted by molar-refractivity contribution is 6.35. The zero-order valence-electron chi connectivity index (χ0n) is 11.4. The van der Waals surface area contributed by atoms with E-state index >= 15 is 0 Å². The predicted octanol–water partition coefficient (Wildman–Crippen LogP) is 4.93. The molecule has 0 aliphatic rings. The van der Waals surface area contributed by atoms with Crippen LogP contribution < -0.4 is 5.32 Å². The van der Waals surface area contributed by atoms with Crippen LogP contribution in [0.4, 0.5) is 10.2 Å². The maximum atomic E-state index is 13.6. The van der Waals surface area contributed by atoms with Gasteiger partial charge < -0.3 is 5.32 Å². The Morgan fingerprint density at radius 2 is 1.91 bits per heavy atom. The van der Waals surface area contributed by atoms with Crippen LogP contribution in [-0.4, -0.2) is 9.78 Å². The Balaban J connectivity index is 1.75. The second-order valence-corrected chi connectivity index (χ2v) is 5.53. The molecule has 0 fully saturated rings. The van der Waals surface area contributed by atoms with Gasteiger partial charge in [-0.1, -0.05) is 41.4 Å². The van der Waals surface area contributed by atoms with Crippen LogP contribution >= 0.6 is 23.2 Å². The molecule has 6 heteroatoms. The third-order valence-corrected chi connectivity index (χ3v) is 3.70. The monoisotopic (exact) mass is 335 g/mol. The van der Waals surface area contributed by atoms with Gasteiger partial charge in [-0.2, -0.15) is 5.10 Å². The Bertz CT molecular complexity index is 802. The molecule has 3 rings (SSSR count). The molecule has 3 aromatic rings. The smallest absolute Gasteiger partial charge is 0.148 e. The molecule has 0 spiro atoms. The molecular weight excluding hydrogens is 324 g/mol. The van der Waals surface area contributed by atoms with Crippen molar-refractivity contribution in [2.75, 3.05) is 5.32 Å². The summed E-state index contributed by atoms with van der Waals surface area (Å²) in [5.74, 6) is 0.393. The summed E-state index contributed by atoms with van der Waals surface area (Å²) in [6.07, 6.45) is 1.78. The van der Waals surface area contributed by atoms with Crippen molar-refractivity contribution in [1.82, 2.24) is 9.78 Å². The fourth-order valence-corrected chi connectivity index (χ4v) is 2.54. The van der Waals surface area contributed by atoms with Crippen molar-refractivity contribution < 1.29 is 4.39 Å². The summed E-state index contributed by atoms with van der Waals surface area (Å²) in [6.45, 7) is 0.359. The number of nitrogens with zero attached hydrogens (tertiary/aromatic N) is 2. The quantitative estimate of drug-likeness (QED) is 0.732. The Labute approximate surface area is 137 Å². The lowest BCUT2D eigenvalue weighted by Crippen LogP contribution is -2.03. The van der Waals surface area contributed by atoms with Crippen molar-refractivity contribution in [3.63, 3.8) is 0 Å². The first kappa shape index (κ1) is 14.9. The number of anilines is 1. The molecule has 0 aliphatic heterocycles. The van der Waals surface area contributed by atoms with E-state index in [9.17, 15) is 4.39 Å². The number of hydrogen-bond acceptors (Lipinski definition) is 2. The van der Waals surface area contributed by atoms with Gasteiger partial charge in [0, 0.05) is 29.4 Å². The molecule has 0 saturated carbocycles. The fraction of sp³-hybridized carbons (Fsp3) is 0.0625. The number of benzene rings is 2. The minimum Gasteiger partial charge on any atom is -0.364 e. The molecule has 0 atom stereocenters. The zero-order valence-corrected chi connectivity index (χ0v) is 12.9. The minimum atomic E-state index is -0.241. The first-order chi connectivity index (χ1) is 10.6. The standard InChI is InChI=1S/C16H12Cl2FN3/c17-12-5-6-15(13(18)9-12)22-8-7-16(21-22)20-10-11-3-1-2-4-14(11)19/h1-9H,10H2,(H,20,21). The Morgan fingerprint density at radius 3 is 2.68 bits per heavy atom. The van der Waals surface area contributed by atoms with Gasteiger partial charge in [-0.25, -0.2) is 9.07 Å². The van der Waals surface area contributed by atoms with Gasteiger partial charge in [-0.15, -0.1) is 0 Å². The summed E-state index contributed by atoms with van der Waals surface area (Å²) in [4.78, 5) is 0. The van der Waals surface area contributed by atoms with Gasteiger partial charge in [-0.3, -0.25) is 0 Å². The van der Waals surface area contributed by atoms with Gasteiger partial charge in [-0.05, 0) is 24.3 Å². The van der Waals surface area contributed by atoms with E-state index in [0.29, 0.717) is 28.0 Å². The summed E-state index contributed by atoms with van der Waals surface area (Å²) in [5, 5.41) is 8.53. The average Bonchev–Trinajstić information content (AvgIpc) is 2.95. The van der Waals surface area contributed by atoms with Crippen LogP contribution in [0.2, 0.25) is 10.0 Å². The third kappa shape index (κ3) is 3.24. The maximum Gasteiger partial charge on any atom is 0.148 e. The highest BCUT2D eigenvalue weighted by Gasteiger charge is 2.07. The van der Waals surface area contributed by atoms with Crippen molar-refractivity contribution in [2.24, 2.45) is 0 Å². The molecule has 0 bridgehead atoms. The largest absolute Gasteiger partial charge is 0.364 e. The molecule has 0 saturated heterocycles. The van der Waals surface area contributed by atoms with Crippen LogP contribution in [-0.2, 0) is 6.54 Å². The molecule has 22 heavy (non-hydrogen) atoms. The highest BCUT2D eigenvalue weighted by atomic mass is 35.5. The van der Waals surface area contributed by atoms with Gasteiger partial charge in [0.15, 0.2) is 0 Å². The molecule has 0 amide bonds. The molecule has 1 heterocycles. The molecule has 1 aromatic heterocycles. The van der Waals surface area contributed by atoms with Crippen LogP contribution in [0.5, 0.6) is 0 Å². The second-order valence-electron chi connectivity index (χ2n) is 4.69. The average molecular weight is 336 g/mol. The van der Waals surface area contributed by atoms with Crippen LogP contribution in [0.15, 0.2) is 54.7 Å². The van der Waals surface area contributed by atoms with E-state index < -0.39 is 0 Å². The van der Waals surface area contributed by atoms with E-state index in [1.165, 1.54) is 6.07 Å². The first-order valence-electron chi connectivity index (χ1n) is 6.62. The summed E-state index contributed by atoms with van der Waals surface area (Å²) in [7, 11) is 0. The molecule has 0 radical (unpaired) electrons. The molecule has 0 aliphatic carbocycles. The lowest BCUT2D eigenvalue weighted by atomic mass is 10.2. The van der Waals surface area contributed by atoms with Crippen LogP contribution in [0.3, 0.4) is 0 Å². The Hall–Kier alpha value is -2.04. The predicted molar refractivity (Wildman–Crippen MR) is 87.3 cm³/mol. The number of halogens is 3. The molecule has 2 aromatic carbocycles. The van der Waals surface area contributed by atoms with Gasteiger partial charge in [0.25, 0.3) is 0 Å². The number of aromatic nitrogens is 2. The van der Waals surface area contributed by atoms with Crippen molar-refractivity contribution in [2.45, 2.75) is 6.54 Å². The van der Waals surface area contributed by atoms with Crippen LogP contribution in [0.1, 0.15) is 5.56 Å². The lowest BCUT2D eigenvalue weighted by Gasteiger charge is -2.06. The summed E-state index contributed by atoms with van der Waals surface area (Å²) in [6, 6.07) is 13.6. The first-order valence-corrected chi connectivity index (χ1v) is 7.37. The highest BCUT2D eigenvalue weighted by Crippen LogP contribution is 2.24. The maximum absolute atomic E-state index is 13.6. The Kier molecular flexibility index (Phi) is 4.32. The summed E-state index contributed by atoms with van der Waals surface area (Å²) < 4.78 is 15.2. The SMILES string of the molecule is Fc1ccccc1CNc1ccn(-c2ccc(Cl)cc2Cl)n1. The van der Waals surface area contributed by atoms with Crippen LogP contribution in [0, 0.1) is 5.82 Å². The number of hydrogen-bond donors (Lipinski definition) is 1. The van der Waals surface area contributed by atoms with E-state index in [-0.39, 0.29) is 5.82 Å². The van der Waals surface area contributed by atoms with E-state index in [1.54, 1.807) is 53.3 Å². The number of rotatable bonds is 4. The lowest BCUT2D eigenvalue weighted by molar-refractivity contribution is 0.613. The summed E-state index contributed by atoms with van der Waals surface area (Å²) >= 11 is 12.0. The normalized spacial score (nSPS) is 10.7. The van der Waals surface area contributed by atoms with Crippen molar-refractivity contribution in [3.05, 3.63) is 76.2 Å². The molecule has 3 nitrogen and oxygen atoms in total. The van der Waals surface area contributed by atoms with E-state index in [0.717, 1.165) is 5.69 Å². The second kappa shape index (κ2) is 6.38. The molecule has 0 unspecified atom stereocenters. The molecular formula is C16H12Cl2FN3. The van der Waals surface area contributed by atoms with Gasteiger partial charge in [0.05, 0.1) is 10.7 Å². The van der Waals surface area contributed by atoms with Crippen molar-refractivity contribution in [3.8, 4) is 5.69 Å². The summed E-state index contributed by atoms with van der Waals surface area (Å²) in [5.41, 5.74) is 1.31. The molecule has 112 valence electrons. The Morgan fingerprint density at radius 1 is 1.09 bits per heavy atom. The molecule has 1 N–H and O–H groups in total. The van der Waals surface area contributed by atoms with Gasteiger partial charge in [0.2, 0.25) is 0 Å². The fourth-order valence-electron chi connectivity index (χ4n) is 2.05. The van der Waals surface area contributed by atoms with E-state index in [2.05, 4.69) is 10.4 Å². The minimum absolute atomic E-state index is 0.241. The van der Waals surface area contributed by atoms with Crippen LogP contribution in [0.25, 0.3) is 5.69 Å². The van der Waals surface area contributed by atoms with Crippen molar-refractivity contribution >= 4 is 29.0 Å². The zero-order chi connectivity index (χ0) is 15.5. The van der Waals surface area contributed by atoms with E-state index in [4.69, 9.17) is 23.2 Å².